The van der Waals surface area contributed by atoms with E-state index >= 15 is 0 Å². The highest BCUT2D eigenvalue weighted by Gasteiger charge is 2.68. The van der Waals surface area contributed by atoms with Gasteiger partial charge in [0.2, 0.25) is 0 Å². The fourth-order valence-electron chi connectivity index (χ4n) is 4.74. The van der Waals surface area contributed by atoms with Crippen LogP contribution in [0, 0.1) is 23.2 Å². The van der Waals surface area contributed by atoms with Crippen LogP contribution in [0.2, 0.25) is 0 Å². The molecule has 0 amide bonds. The van der Waals surface area contributed by atoms with Gasteiger partial charge in [0.25, 0.3) is 0 Å². The molecule has 0 aromatic carbocycles. The molecule has 2 bridgehead atoms. The van der Waals surface area contributed by atoms with Crippen molar-refractivity contribution in [2.24, 2.45) is 28.9 Å². The Morgan fingerprint density at radius 3 is 2.53 bits per heavy atom. The molecule has 4 aliphatic rings. The van der Waals surface area contributed by atoms with Crippen molar-refractivity contribution < 1.29 is 9.31 Å². The molecule has 3 saturated carbocycles. The second kappa shape index (κ2) is 4.22. The lowest BCUT2D eigenvalue weighted by Crippen LogP contribution is -2.65. The molecule has 2 N–H and O–H groups in total. The highest BCUT2D eigenvalue weighted by atomic mass is 16.7. The summed E-state index contributed by atoms with van der Waals surface area (Å²) in [4.78, 5) is 0. The maximum atomic E-state index is 6.35. The van der Waals surface area contributed by atoms with Gasteiger partial charge in [0.05, 0.1) is 11.7 Å². The summed E-state index contributed by atoms with van der Waals surface area (Å²) in [5.41, 5.74) is 6.56. The van der Waals surface area contributed by atoms with Gasteiger partial charge in [0, 0.05) is 5.94 Å². The molecule has 4 rings (SSSR count). The lowest BCUT2D eigenvalue weighted by Gasteiger charge is -2.64. The van der Waals surface area contributed by atoms with Gasteiger partial charge in [-0.3, -0.25) is 0 Å². The van der Waals surface area contributed by atoms with Crippen LogP contribution in [0.5, 0.6) is 0 Å². The van der Waals surface area contributed by atoms with E-state index in [0.29, 0.717) is 17.3 Å². The third kappa shape index (κ3) is 1.90. The molecular weight excluding hydrogens is 237 g/mol. The van der Waals surface area contributed by atoms with Crippen LogP contribution in [0.25, 0.3) is 0 Å². The Balaban J connectivity index is 1.74. The van der Waals surface area contributed by atoms with E-state index in [1.165, 1.54) is 6.42 Å². The van der Waals surface area contributed by atoms with E-state index in [0.717, 1.165) is 18.8 Å². The predicted octanol–water partition coefficient (Wildman–Crippen LogP) is 2.63. The molecule has 108 valence electrons. The van der Waals surface area contributed by atoms with Crippen molar-refractivity contribution >= 4 is 7.12 Å². The molecule has 3 aliphatic carbocycles. The summed E-state index contributed by atoms with van der Waals surface area (Å²) in [5.74, 6) is 2.02. The van der Waals surface area contributed by atoms with Crippen LogP contribution in [0.4, 0.5) is 0 Å². The first-order chi connectivity index (χ1) is 8.75. The van der Waals surface area contributed by atoms with Crippen molar-refractivity contribution in [3.05, 3.63) is 0 Å². The van der Waals surface area contributed by atoms with Gasteiger partial charge in [-0.25, -0.2) is 0 Å². The highest BCUT2D eigenvalue weighted by Crippen LogP contribution is 2.65. The average molecular weight is 265 g/mol. The Hall–Kier alpha value is -0.0551. The number of nitrogens with two attached hydrogens (primary N) is 1. The van der Waals surface area contributed by atoms with E-state index in [-0.39, 0.29) is 24.8 Å². The summed E-state index contributed by atoms with van der Waals surface area (Å²) >= 11 is 0. The summed E-state index contributed by atoms with van der Waals surface area (Å²) in [6.45, 7) is 11.4. The largest absolute Gasteiger partial charge is 0.475 e. The van der Waals surface area contributed by atoms with Gasteiger partial charge >= 0.3 is 7.12 Å². The Kier molecular flexibility index (Phi) is 3.09. The number of hydrogen-bond donors (Lipinski definition) is 1. The topological polar surface area (TPSA) is 44.5 Å². The van der Waals surface area contributed by atoms with Gasteiger partial charge < -0.3 is 15.0 Å². The summed E-state index contributed by atoms with van der Waals surface area (Å²) in [6, 6.07) is 0. The number of rotatable bonds is 3. The van der Waals surface area contributed by atoms with Crippen molar-refractivity contribution in [3.8, 4) is 0 Å². The van der Waals surface area contributed by atoms with E-state index in [1.54, 1.807) is 0 Å². The van der Waals surface area contributed by atoms with Crippen LogP contribution in [0.3, 0.4) is 0 Å². The van der Waals surface area contributed by atoms with Crippen LogP contribution in [0.1, 0.15) is 53.9 Å². The SMILES string of the molecule is CC(C)C[C@H](N)B1O[C@@H]2CC3C[C@@H](C3(C)C)[C@]2(C)O1. The van der Waals surface area contributed by atoms with Crippen LogP contribution in [-0.2, 0) is 9.31 Å². The Morgan fingerprint density at radius 1 is 1.26 bits per heavy atom. The van der Waals surface area contributed by atoms with Crippen molar-refractivity contribution in [1.82, 2.24) is 0 Å². The standard InChI is InChI=1S/C15H28BNO2/c1-9(2)6-13(17)16-18-12-8-10-7-11(14(10,3)4)15(12,5)19-16/h9-13H,6-8,17H2,1-5H3/t10?,11-,12+,13-,15-/m0/s1. The molecule has 3 nitrogen and oxygen atoms in total. The molecule has 0 radical (unpaired) electrons. The van der Waals surface area contributed by atoms with E-state index in [2.05, 4.69) is 34.6 Å². The summed E-state index contributed by atoms with van der Waals surface area (Å²) in [6.07, 6.45) is 3.67. The summed E-state index contributed by atoms with van der Waals surface area (Å²) < 4.78 is 12.5. The Labute approximate surface area is 117 Å². The average Bonchev–Trinajstić information content (AvgIpc) is 2.64. The lowest BCUT2D eigenvalue weighted by atomic mass is 9.43. The molecule has 1 saturated heterocycles. The molecule has 5 atom stereocenters. The summed E-state index contributed by atoms with van der Waals surface area (Å²) in [5, 5.41) is 0. The summed E-state index contributed by atoms with van der Waals surface area (Å²) in [7, 11) is -0.201. The first-order valence-corrected chi connectivity index (χ1v) is 7.84. The second-order valence-corrected chi connectivity index (χ2v) is 8.13. The minimum Gasteiger partial charge on any atom is -0.404 e. The third-order valence-corrected chi connectivity index (χ3v) is 6.06. The zero-order valence-electron chi connectivity index (χ0n) is 13.0. The molecule has 19 heavy (non-hydrogen) atoms. The molecule has 0 aromatic rings. The highest BCUT2D eigenvalue weighted by molar-refractivity contribution is 6.47. The Bertz CT molecular complexity index is 373. The predicted molar refractivity (Wildman–Crippen MR) is 77.5 cm³/mol. The van der Waals surface area contributed by atoms with Gasteiger partial charge in [-0.15, -0.1) is 0 Å². The smallest absolute Gasteiger partial charge is 0.404 e. The monoisotopic (exact) mass is 265 g/mol. The van der Waals surface area contributed by atoms with Gasteiger partial charge in [0.15, 0.2) is 0 Å². The van der Waals surface area contributed by atoms with Gasteiger partial charge in [-0.05, 0) is 49.4 Å². The molecule has 4 fully saturated rings. The van der Waals surface area contributed by atoms with Crippen LogP contribution < -0.4 is 5.73 Å². The first kappa shape index (κ1) is 13.9. The van der Waals surface area contributed by atoms with Crippen molar-refractivity contribution in [2.75, 3.05) is 0 Å². The molecule has 1 heterocycles. The van der Waals surface area contributed by atoms with Crippen LogP contribution in [-0.4, -0.2) is 24.8 Å². The minimum absolute atomic E-state index is 0.00253. The third-order valence-electron chi connectivity index (χ3n) is 6.06. The maximum Gasteiger partial charge on any atom is 0.475 e. The number of hydrogen-bond acceptors (Lipinski definition) is 3. The van der Waals surface area contributed by atoms with Gasteiger partial charge in [-0.2, -0.15) is 0 Å². The van der Waals surface area contributed by atoms with Crippen molar-refractivity contribution in [3.63, 3.8) is 0 Å². The van der Waals surface area contributed by atoms with E-state index in [9.17, 15) is 0 Å². The quantitative estimate of drug-likeness (QED) is 0.798. The van der Waals surface area contributed by atoms with Crippen LogP contribution in [0.15, 0.2) is 0 Å². The Morgan fingerprint density at radius 2 is 1.95 bits per heavy atom. The molecule has 4 heteroatoms. The minimum atomic E-state index is -0.201. The van der Waals surface area contributed by atoms with Gasteiger partial charge in [0.1, 0.15) is 0 Å². The lowest BCUT2D eigenvalue weighted by molar-refractivity contribution is -0.199. The first-order valence-electron chi connectivity index (χ1n) is 7.84. The van der Waals surface area contributed by atoms with E-state index in [4.69, 9.17) is 15.0 Å². The maximum absolute atomic E-state index is 6.35. The van der Waals surface area contributed by atoms with E-state index in [1.807, 2.05) is 0 Å². The van der Waals surface area contributed by atoms with Crippen LogP contribution >= 0.6 is 0 Å². The molecule has 1 unspecified atom stereocenters. The zero-order valence-corrected chi connectivity index (χ0v) is 13.0. The van der Waals surface area contributed by atoms with E-state index < -0.39 is 0 Å². The van der Waals surface area contributed by atoms with Crippen molar-refractivity contribution in [1.29, 1.82) is 0 Å². The molecule has 0 aromatic heterocycles. The molecular formula is C15H28BNO2. The molecule has 0 spiro atoms. The van der Waals surface area contributed by atoms with Gasteiger partial charge in [-0.1, -0.05) is 27.7 Å². The second-order valence-electron chi connectivity index (χ2n) is 8.13. The fraction of sp³-hybridized carbons (Fsp3) is 1.00. The fourth-order valence-corrected chi connectivity index (χ4v) is 4.74. The molecule has 1 aliphatic heterocycles. The normalized spacial score (nSPS) is 45.0. The van der Waals surface area contributed by atoms with Crippen molar-refractivity contribution in [2.45, 2.75) is 71.5 Å². The zero-order chi connectivity index (χ0) is 14.0.